The third-order valence-corrected chi connectivity index (χ3v) is 3.07. The molecular formula is C13H15ClN8O3. The van der Waals surface area contributed by atoms with Crippen LogP contribution in [0.2, 0.25) is 5.02 Å². The number of rotatable bonds is 4. The maximum Gasteiger partial charge on any atom is 0.333 e. The van der Waals surface area contributed by atoms with E-state index in [0.717, 1.165) is 6.42 Å². The number of aromatic nitrogens is 4. The molecule has 2 rings (SSSR count). The summed E-state index contributed by atoms with van der Waals surface area (Å²) in [7, 11) is 0. The molecule has 1 heterocycles. The lowest BCUT2D eigenvalue weighted by atomic mass is 10.2. The zero-order valence-corrected chi connectivity index (χ0v) is 13.9. The smallest absolute Gasteiger partial charge is 0.333 e. The van der Waals surface area contributed by atoms with Gasteiger partial charge in [0.05, 0.1) is 11.4 Å². The molecule has 0 aliphatic rings. The minimum absolute atomic E-state index is 0.218. The van der Waals surface area contributed by atoms with Crippen molar-refractivity contribution in [1.29, 1.82) is 0 Å². The standard InChI is InChI=1S/C13H15ClN8O3/c1-2-5-15-13(25)19-18-12(24)11(23)17-9-6-8(14)3-4-10(9)22-7-16-20-21-22/h3-4,6-7H,2,5H2,1H3,(H,17,23)(H,18,24)(H2,15,19,25). The zero-order valence-electron chi connectivity index (χ0n) is 13.1. The molecule has 1 aromatic heterocycles. The van der Waals surface area contributed by atoms with Crippen LogP contribution in [0.25, 0.3) is 5.69 Å². The molecule has 1 aromatic carbocycles. The number of tetrazole rings is 1. The number of anilines is 1. The van der Waals surface area contributed by atoms with E-state index in [1.807, 2.05) is 12.3 Å². The average Bonchev–Trinajstić information content (AvgIpc) is 3.12. The number of carbonyl (C=O) groups is 3. The second-order valence-electron chi connectivity index (χ2n) is 4.71. The van der Waals surface area contributed by atoms with E-state index in [4.69, 9.17) is 11.6 Å². The fraction of sp³-hybridized carbons (Fsp3) is 0.231. The number of benzene rings is 1. The number of hydrogen-bond donors (Lipinski definition) is 4. The molecule has 4 amide bonds. The molecule has 0 atom stereocenters. The number of urea groups is 1. The van der Waals surface area contributed by atoms with Crippen molar-refractivity contribution in [3.63, 3.8) is 0 Å². The Morgan fingerprint density at radius 3 is 2.68 bits per heavy atom. The van der Waals surface area contributed by atoms with Crippen LogP contribution in [0.1, 0.15) is 13.3 Å². The Labute approximate surface area is 147 Å². The van der Waals surface area contributed by atoms with E-state index < -0.39 is 17.8 Å². The highest BCUT2D eigenvalue weighted by Gasteiger charge is 2.17. The van der Waals surface area contributed by atoms with Crippen molar-refractivity contribution in [1.82, 2.24) is 36.4 Å². The van der Waals surface area contributed by atoms with Crippen LogP contribution in [0.3, 0.4) is 0 Å². The van der Waals surface area contributed by atoms with Gasteiger partial charge in [0.2, 0.25) is 0 Å². The van der Waals surface area contributed by atoms with Gasteiger partial charge in [-0.3, -0.25) is 15.0 Å². The van der Waals surface area contributed by atoms with Gasteiger partial charge in [-0.1, -0.05) is 18.5 Å². The van der Waals surface area contributed by atoms with Crippen LogP contribution in [-0.4, -0.2) is 44.6 Å². The topological polar surface area (TPSA) is 143 Å². The minimum atomic E-state index is -1.06. The summed E-state index contributed by atoms with van der Waals surface area (Å²) in [4.78, 5) is 35.1. The van der Waals surface area contributed by atoms with Crippen LogP contribution < -0.4 is 21.5 Å². The molecule has 0 radical (unpaired) electrons. The van der Waals surface area contributed by atoms with Gasteiger partial charge in [0, 0.05) is 11.6 Å². The largest absolute Gasteiger partial charge is 0.337 e. The summed E-state index contributed by atoms with van der Waals surface area (Å²) in [6, 6.07) is 3.96. The lowest BCUT2D eigenvalue weighted by Gasteiger charge is -2.11. The van der Waals surface area contributed by atoms with Crippen LogP contribution in [0.4, 0.5) is 10.5 Å². The van der Waals surface area contributed by atoms with Crippen molar-refractivity contribution in [3.8, 4) is 5.69 Å². The Hall–Kier alpha value is -3.21. The first kappa shape index (κ1) is 18.1. The predicted molar refractivity (Wildman–Crippen MR) is 87.8 cm³/mol. The van der Waals surface area contributed by atoms with Crippen LogP contribution in [0, 0.1) is 0 Å². The molecule has 0 spiro atoms. The van der Waals surface area contributed by atoms with E-state index >= 15 is 0 Å². The molecule has 11 nitrogen and oxygen atoms in total. The third kappa shape index (κ3) is 5.14. The Morgan fingerprint density at radius 2 is 2.00 bits per heavy atom. The third-order valence-electron chi connectivity index (χ3n) is 2.83. The van der Waals surface area contributed by atoms with E-state index in [0.29, 0.717) is 17.3 Å². The van der Waals surface area contributed by atoms with Crippen molar-refractivity contribution >= 4 is 35.1 Å². The molecule has 0 unspecified atom stereocenters. The first-order valence-corrected chi connectivity index (χ1v) is 7.57. The molecule has 0 aliphatic carbocycles. The lowest BCUT2D eigenvalue weighted by molar-refractivity contribution is -0.136. The summed E-state index contributed by atoms with van der Waals surface area (Å²) in [6.45, 7) is 2.31. The zero-order chi connectivity index (χ0) is 18.2. The quantitative estimate of drug-likeness (QED) is 0.443. The second-order valence-corrected chi connectivity index (χ2v) is 5.14. The summed E-state index contributed by atoms with van der Waals surface area (Å²) >= 11 is 5.91. The summed E-state index contributed by atoms with van der Waals surface area (Å²) in [5.41, 5.74) is 4.68. The van der Waals surface area contributed by atoms with Gasteiger partial charge in [-0.2, -0.15) is 4.68 Å². The van der Waals surface area contributed by atoms with E-state index in [-0.39, 0.29) is 5.69 Å². The Bertz CT molecular complexity index is 765. The first-order valence-electron chi connectivity index (χ1n) is 7.19. The summed E-state index contributed by atoms with van der Waals surface area (Å²) in [6.07, 6.45) is 2.05. The van der Waals surface area contributed by atoms with E-state index in [2.05, 4.69) is 31.6 Å². The van der Waals surface area contributed by atoms with Gasteiger partial charge in [-0.15, -0.1) is 5.10 Å². The van der Waals surface area contributed by atoms with E-state index in [9.17, 15) is 14.4 Å². The summed E-state index contributed by atoms with van der Waals surface area (Å²) < 4.78 is 1.29. The maximum absolute atomic E-state index is 12.0. The number of nitrogens with zero attached hydrogens (tertiary/aromatic N) is 4. The Kier molecular flexibility index (Phi) is 6.23. The summed E-state index contributed by atoms with van der Waals surface area (Å²) in [5.74, 6) is -2.07. The fourth-order valence-corrected chi connectivity index (χ4v) is 1.88. The number of nitrogens with one attached hydrogen (secondary N) is 4. The van der Waals surface area contributed by atoms with Crippen molar-refractivity contribution in [2.45, 2.75) is 13.3 Å². The van der Waals surface area contributed by atoms with Crippen molar-refractivity contribution in [2.75, 3.05) is 11.9 Å². The van der Waals surface area contributed by atoms with Crippen LogP contribution in [0.15, 0.2) is 24.5 Å². The van der Waals surface area contributed by atoms with Gasteiger partial charge < -0.3 is 10.6 Å². The minimum Gasteiger partial charge on any atom is -0.337 e. The highest BCUT2D eigenvalue weighted by Crippen LogP contribution is 2.23. The molecular weight excluding hydrogens is 352 g/mol. The number of amides is 4. The molecule has 0 saturated heterocycles. The van der Waals surface area contributed by atoms with Gasteiger partial charge >= 0.3 is 17.8 Å². The van der Waals surface area contributed by atoms with Crippen LogP contribution >= 0.6 is 11.6 Å². The number of hydrazine groups is 1. The Morgan fingerprint density at radius 1 is 1.20 bits per heavy atom. The van der Waals surface area contributed by atoms with Crippen molar-refractivity contribution < 1.29 is 14.4 Å². The second kappa shape index (κ2) is 8.59. The maximum atomic E-state index is 12.0. The van der Waals surface area contributed by atoms with Gasteiger partial charge in [0.1, 0.15) is 6.33 Å². The molecule has 0 aliphatic heterocycles. The monoisotopic (exact) mass is 366 g/mol. The summed E-state index contributed by atoms with van der Waals surface area (Å²) in [5, 5.41) is 15.9. The molecule has 0 bridgehead atoms. The number of hydrogen-bond acceptors (Lipinski definition) is 6. The van der Waals surface area contributed by atoms with E-state index in [1.54, 1.807) is 12.1 Å². The highest BCUT2D eigenvalue weighted by molar-refractivity contribution is 6.40. The SMILES string of the molecule is CCCNC(=O)NNC(=O)C(=O)Nc1cc(Cl)ccc1-n1cnnn1. The fourth-order valence-electron chi connectivity index (χ4n) is 1.71. The molecule has 132 valence electrons. The van der Waals surface area contributed by atoms with Crippen molar-refractivity contribution in [3.05, 3.63) is 29.5 Å². The van der Waals surface area contributed by atoms with E-state index in [1.165, 1.54) is 17.1 Å². The van der Waals surface area contributed by atoms with Crippen molar-refractivity contribution in [2.24, 2.45) is 0 Å². The molecule has 2 aromatic rings. The lowest BCUT2D eigenvalue weighted by Crippen LogP contribution is -2.50. The predicted octanol–water partition coefficient (Wildman–Crippen LogP) is -0.00540. The molecule has 25 heavy (non-hydrogen) atoms. The number of carbonyl (C=O) groups excluding carboxylic acids is 3. The first-order chi connectivity index (χ1) is 12.0. The molecule has 4 N–H and O–H groups in total. The van der Waals surface area contributed by atoms with Crippen LogP contribution in [-0.2, 0) is 9.59 Å². The molecule has 12 heteroatoms. The highest BCUT2D eigenvalue weighted by atomic mass is 35.5. The van der Waals surface area contributed by atoms with Crippen LogP contribution in [0.5, 0.6) is 0 Å². The molecule has 0 fully saturated rings. The Balaban J connectivity index is 2.01. The van der Waals surface area contributed by atoms with Gasteiger partial charge in [0.15, 0.2) is 0 Å². The average molecular weight is 367 g/mol. The normalized spacial score (nSPS) is 10.0. The van der Waals surface area contributed by atoms with Gasteiger partial charge in [0.25, 0.3) is 0 Å². The number of halogens is 1. The van der Waals surface area contributed by atoms with Gasteiger partial charge in [-0.25, -0.2) is 10.2 Å². The molecule has 0 saturated carbocycles. The van der Waals surface area contributed by atoms with Gasteiger partial charge in [-0.05, 0) is 35.0 Å².